The number of carbonyl (C=O) groups excluding carboxylic acids is 1. The van der Waals surface area contributed by atoms with Gasteiger partial charge in [0.2, 0.25) is 0 Å². The van der Waals surface area contributed by atoms with Gasteiger partial charge in [0.1, 0.15) is 0 Å². The third-order valence-corrected chi connectivity index (χ3v) is 6.14. The highest BCUT2D eigenvalue weighted by Crippen LogP contribution is 2.29. The lowest BCUT2D eigenvalue weighted by atomic mass is 10.0. The molecule has 0 aliphatic rings. The van der Waals surface area contributed by atoms with E-state index in [2.05, 4.69) is 0 Å². The summed E-state index contributed by atoms with van der Waals surface area (Å²) < 4.78 is 38.3. The van der Waals surface area contributed by atoms with Crippen LogP contribution in [0.5, 0.6) is 0 Å². The largest absolute Gasteiger partial charge is 0.474 e. The van der Waals surface area contributed by atoms with E-state index in [-0.39, 0.29) is 19.7 Å². The van der Waals surface area contributed by atoms with Crippen molar-refractivity contribution in [3.8, 4) is 0 Å². The predicted octanol–water partition coefficient (Wildman–Crippen LogP) is 6.36. The number of carboxylic acids is 1. The Morgan fingerprint density at radius 2 is 1.08 bits per heavy atom. The van der Waals surface area contributed by atoms with Crippen molar-refractivity contribution in [1.29, 1.82) is 0 Å². The summed E-state index contributed by atoms with van der Waals surface area (Å²) in [5.41, 5.74) is 1.54. The van der Waals surface area contributed by atoms with Gasteiger partial charge in [-0.3, -0.25) is 4.79 Å². The van der Waals surface area contributed by atoms with Crippen molar-refractivity contribution in [2.45, 2.75) is 83.5 Å². The Morgan fingerprint density at radius 1 is 0.667 bits per heavy atom. The van der Waals surface area contributed by atoms with Crippen LogP contribution in [0, 0.1) is 0 Å². The number of amides is 1. The van der Waals surface area contributed by atoms with E-state index in [0.29, 0.717) is 5.56 Å². The van der Waals surface area contributed by atoms with E-state index in [9.17, 15) is 27.9 Å². The van der Waals surface area contributed by atoms with Crippen molar-refractivity contribution in [3.63, 3.8) is 0 Å². The Morgan fingerprint density at radius 3 is 1.53 bits per heavy atom. The number of hydrogen-bond acceptors (Lipinski definition) is 3. The molecule has 0 fully saturated rings. The number of alkyl halides is 3. The number of carbonyl (C=O) groups is 2. The number of nitrogens with zero attached hydrogens (tertiary/aromatic N) is 1. The minimum atomic E-state index is -4.46. The zero-order valence-electron chi connectivity index (χ0n) is 20.6. The van der Waals surface area contributed by atoms with Crippen molar-refractivity contribution in [1.82, 2.24) is 4.90 Å². The summed E-state index contributed by atoms with van der Waals surface area (Å²) >= 11 is 0. The summed E-state index contributed by atoms with van der Waals surface area (Å²) in [6.45, 7) is 0.222. The summed E-state index contributed by atoms with van der Waals surface area (Å²) in [7, 11) is 0. The lowest BCUT2D eigenvalue weighted by molar-refractivity contribution is -0.156. The van der Waals surface area contributed by atoms with E-state index >= 15 is 0 Å². The molecule has 5 nitrogen and oxygen atoms in total. The number of aliphatic hydroxyl groups is 1. The molecule has 198 valence electrons. The molecule has 36 heavy (non-hydrogen) atoms. The van der Waals surface area contributed by atoms with E-state index in [1.165, 1.54) is 49.8 Å². The fourth-order valence-corrected chi connectivity index (χ4v) is 4.06. The molecule has 0 bridgehead atoms. The van der Waals surface area contributed by atoms with Crippen LogP contribution in [0.2, 0.25) is 0 Å². The molecule has 0 saturated carbocycles. The number of aliphatic carboxylic acids is 1. The molecule has 0 aliphatic carbocycles. The molecule has 1 amide bonds. The lowest BCUT2D eigenvalue weighted by Crippen LogP contribution is -2.35. The van der Waals surface area contributed by atoms with Gasteiger partial charge in [0, 0.05) is 19.7 Å². The van der Waals surface area contributed by atoms with Crippen molar-refractivity contribution in [3.05, 3.63) is 70.8 Å². The van der Waals surface area contributed by atoms with Gasteiger partial charge in [-0.05, 0) is 48.1 Å². The average Bonchev–Trinajstić information content (AvgIpc) is 2.85. The quantitative estimate of drug-likeness (QED) is 0.217. The van der Waals surface area contributed by atoms with Crippen LogP contribution in [0.3, 0.4) is 0 Å². The van der Waals surface area contributed by atoms with Gasteiger partial charge >= 0.3 is 18.1 Å². The number of hydrogen-bond donors (Lipinski definition) is 2. The Labute approximate surface area is 210 Å². The molecule has 8 heteroatoms. The fourth-order valence-electron chi connectivity index (χ4n) is 4.06. The highest BCUT2D eigenvalue weighted by atomic mass is 19.4. The van der Waals surface area contributed by atoms with Gasteiger partial charge in [0.15, 0.2) is 0 Å². The number of aryl methyl sites for hydroxylation is 1. The standard InChI is InChI=1S/C28H36F3NO4/c29-28(30,31)25-17-15-24(16-18-25)21-32(26(34)27(35)36)20-23-13-11-22(12-14-23)10-8-6-4-2-1-3-5-7-9-19-33/h11-18,33H,1-10,19-21H2,(H,35,36). The predicted molar refractivity (Wildman–Crippen MR) is 132 cm³/mol. The van der Waals surface area contributed by atoms with Crippen molar-refractivity contribution in [2.24, 2.45) is 0 Å². The molecule has 0 atom stereocenters. The molecule has 2 aromatic rings. The molecule has 2 N–H and O–H groups in total. The first-order valence-electron chi connectivity index (χ1n) is 12.6. The van der Waals surface area contributed by atoms with E-state index in [4.69, 9.17) is 5.11 Å². The molecule has 0 spiro atoms. The van der Waals surface area contributed by atoms with Crippen LogP contribution >= 0.6 is 0 Å². The number of aliphatic hydroxyl groups excluding tert-OH is 1. The van der Waals surface area contributed by atoms with E-state index in [1.54, 1.807) is 0 Å². The first kappa shape index (κ1) is 29.4. The molecule has 2 rings (SSSR count). The van der Waals surface area contributed by atoms with Crippen LogP contribution in [0.15, 0.2) is 48.5 Å². The van der Waals surface area contributed by atoms with Crippen LogP contribution in [0.4, 0.5) is 13.2 Å². The molecular weight excluding hydrogens is 471 g/mol. The zero-order valence-corrected chi connectivity index (χ0v) is 20.6. The van der Waals surface area contributed by atoms with Crippen molar-refractivity contribution in [2.75, 3.05) is 6.61 Å². The second-order valence-corrected chi connectivity index (χ2v) is 9.13. The van der Waals surface area contributed by atoms with E-state index < -0.39 is 23.6 Å². The molecule has 0 aliphatic heterocycles. The Kier molecular flexibility index (Phi) is 12.5. The molecule has 0 radical (unpaired) electrons. The summed E-state index contributed by atoms with van der Waals surface area (Å²) in [6, 6.07) is 12.0. The molecule has 0 unspecified atom stereocenters. The molecular formula is C28H36F3NO4. The van der Waals surface area contributed by atoms with Crippen LogP contribution in [0.25, 0.3) is 0 Å². The van der Waals surface area contributed by atoms with Crippen molar-refractivity contribution >= 4 is 11.9 Å². The second-order valence-electron chi connectivity index (χ2n) is 9.13. The number of unbranched alkanes of at least 4 members (excludes halogenated alkanes) is 8. The fraction of sp³-hybridized carbons (Fsp3) is 0.500. The van der Waals surface area contributed by atoms with Crippen LogP contribution in [0.1, 0.15) is 80.0 Å². The Balaban J connectivity index is 1.82. The van der Waals surface area contributed by atoms with Gasteiger partial charge in [0.05, 0.1) is 5.56 Å². The topological polar surface area (TPSA) is 77.8 Å². The summed E-state index contributed by atoms with van der Waals surface area (Å²) in [6.07, 6.45) is 6.80. The maximum Gasteiger partial charge on any atom is 0.416 e. The highest BCUT2D eigenvalue weighted by molar-refractivity contribution is 6.31. The Hall–Kier alpha value is -2.87. The van der Waals surface area contributed by atoms with Gasteiger partial charge in [0.25, 0.3) is 0 Å². The second kappa shape index (κ2) is 15.3. The van der Waals surface area contributed by atoms with Crippen LogP contribution in [-0.2, 0) is 35.3 Å². The molecule has 0 saturated heterocycles. The van der Waals surface area contributed by atoms with Gasteiger partial charge < -0.3 is 15.1 Å². The number of carboxylic acid groups (broad SMARTS) is 1. The smallest absolute Gasteiger partial charge is 0.416 e. The Bertz CT molecular complexity index is 927. The lowest BCUT2D eigenvalue weighted by Gasteiger charge is -2.21. The minimum absolute atomic E-state index is 0.0464. The SMILES string of the molecule is O=C(O)C(=O)N(Cc1ccc(CCCCCCCCCCCO)cc1)Cc1ccc(C(F)(F)F)cc1. The minimum Gasteiger partial charge on any atom is -0.474 e. The number of benzene rings is 2. The van der Waals surface area contributed by atoms with Crippen LogP contribution in [-0.4, -0.2) is 33.6 Å². The van der Waals surface area contributed by atoms with E-state index in [0.717, 1.165) is 54.7 Å². The molecule has 0 heterocycles. The normalized spacial score (nSPS) is 11.4. The maximum atomic E-state index is 12.8. The number of rotatable bonds is 15. The van der Waals surface area contributed by atoms with Gasteiger partial charge in [-0.1, -0.05) is 81.3 Å². The number of halogens is 3. The summed E-state index contributed by atoms with van der Waals surface area (Å²) in [5, 5.41) is 17.9. The monoisotopic (exact) mass is 507 g/mol. The first-order chi connectivity index (χ1) is 17.2. The van der Waals surface area contributed by atoms with E-state index in [1.807, 2.05) is 24.3 Å². The summed E-state index contributed by atoms with van der Waals surface area (Å²) in [5.74, 6) is -2.71. The average molecular weight is 508 g/mol. The summed E-state index contributed by atoms with van der Waals surface area (Å²) in [4.78, 5) is 24.6. The third kappa shape index (κ3) is 10.8. The van der Waals surface area contributed by atoms with Gasteiger partial charge in [-0.25, -0.2) is 4.79 Å². The third-order valence-electron chi connectivity index (χ3n) is 6.14. The zero-order chi connectivity index (χ0) is 26.4. The van der Waals surface area contributed by atoms with Crippen LogP contribution < -0.4 is 0 Å². The first-order valence-corrected chi connectivity index (χ1v) is 12.6. The van der Waals surface area contributed by atoms with Gasteiger partial charge in [-0.2, -0.15) is 13.2 Å². The maximum absolute atomic E-state index is 12.8. The van der Waals surface area contributed by atoms with Crippen molar-refractivity contribution < 1.29 is 33.0 Å². The highest BCUT2D eigenvalue weighted by Gasteiger charge is 2.30. The molecule has 0 aromatic heterocycles. The van der Waals surface area contributed by atoms with Gasteiger partial charge in [-0.15, -0.1) is 0 Å². The molecule has 2 aromatic carbocycles.